The fourth-order valence-corrected chi connectivity index (χ4v) is 2.89. The van der Waals surface area contributed by atoms with Crippen LogP contribution in [0.2, 0.25) is 0 Å². The van der Waals surface area contributed by atoms with Crippen molar-refractivity contribution in [2.45, 2.75) is 20.0 Å². The van der Waals surface area contributed by atoms with Crippen LogP contribution in [0.25, 0.3) is 5.65 Å². The Hall–Kier alpha value is -1.74. The molecule has 0 spiro atoms. The molecule has 0 bridgehead atoms. The molecule has 0 N–H and O–H groups in total. The van der Waals surface area contributed by atoms with E-state index in [1.54, 1.807) is 34.9 Å². The maximum Gasteiger partial charge on any atom is 0.274 e. The van der Waals surface area contributed by atoms with E-state index in [1.807, 2.05) is 17.8 Å². The highest BCUT2D eigenvalue weighted by Gasteiger charge is 2.18. The van der Waals surface area contributed by atoms with Crippen LogP contribution in [0.15, 0.2) is 33.6 Å². The predicted octanol–water partition coefficient (Wildman–Crippen LogP) is 2.74. The van der Waals surface area contributed by atoms with Crippen LogP contribution < -0.4 is 0 Å². The minimum Gasteiger partial charge on any atom is -0.334 e. The van der Waals surface area contributed by atoms with Crippen molar-refractivity contribution < 1.29 is 4.79 Å². The second kappa shape index (κ2) is 6.40. The van der Waals surface area contributed by atoms with Gasteiger partial charge in [0.15, 0.2) is 11.3 Å². The van der Waals surface area contributed by atoms with Crippen LogP contribution in [0.4, 0.5) is 0 Å². The lowest BCUT2D eigenvalue weighted by atomic mass is 10.3. The summed E-state index contributed by atoms with van der Waals surface area (Å²) in [5.41, 5.74) is 1.79. The van der Waals surface area contributed by atoms with E-state index in [2.05, 4.69) is 47.0 Å². The third-order valence-corrected chi connectivity index (χ3v) is 4.42. The first kappa shape index (κ1) is 16.1. The van der Waals surface area contributed by atoms with Crippen molar-refractivity contribution in [3.05, 3.63) is 45.0 Å². The summed E-state index contributed by atoms with van der Waals surface area (Å²) < 4.78 is 5.09. The summed E-state index contributed by atoms with van der Waals surface area (Å²) >= 11 is 6.81. The zero-order valence-electron chi connectivity index (χ0n) is 12.6. The van der Waals surface area contributed by atoms with Crippen LogP contribution >= 0.6 is 31.9 Å². The number of hydrogen-bond acceptors (Lipinski definition) is 4. The van der Waals surface area contributed by atoms with Gasteiger partial charge in [-0.1, -0.05) is 0 Å². The van der Waals surface area contributed by atoms with Crippen LogP contribution in [0.5, 0.6) is 0 Å². The van der Waals surface area contributed by atoms with Crippen LogP contribution in [0.3, 0.4) is 0 Å². The Labute approximate surface area is 149 Å². The van der Waals surface area contributed by atoms with Gasteiger partial charge in [0.2, 0.25) is 0 Å². The van der Waals surface area contributed by atoms with Gasteiger partial charge >= 0.3 is 0 Å². The van der Waals surface area contributed by atoms with Gasteiger partial charge in [0.1, 0.15) is 0 Å². The summed E-state index contributed by atoms with van der Waals surface area (Å²) in [6.45, 7) is 3.19. The van der Waals surface area contributed by atoms with Crippen LogP contribution in [-0.2, 0) is 13.1 Å². The largest absolute Gasteiger partial charge is 0.334 e. The number of fused-ring (bicyclic) bond motifs is 1. The van der Waals surface area contributed by atoms with Gasteiger partial charge in [-0.2, -0.15) is 10.2 Å². The average molecular weight is 442 g/mol. The van der Waals surface area contributed by atoms with E-state index in [0.29, 0.717) is 17.9 Å². The number of aryl methyl sites for hydroxylation is 1. The Bertz CT molecular complexity index is 871. The Kier molecular flexibility index (Phi) is 4.49. The van der Waals surface area contributed by atoms with Crippen molar-refractivity contribution in [3.63, 3.8) is 0 Å². The number of carbonyl (C=O) groups excluding carboxylic acids is 1. The SMILES string of the molecule is CCn1cc(Br)c(CN(C)C(=O)c2cc3ncc(Br)cn3n2)n1. The number of carbonyl (C=O) groups is 1. The fraction of sp³-hybridized carbons (Fsp3) is 0.286. The van der Waals surface area contributed by atoms with Gasteiger partial charge in [0.05, 0.1) is 21.2 Å². The van der Waals surface area contributed by atoms with Crippen LogP contribution in [0, 0.1) is 0 Å². The average Bonchev–Trinajstić information content (AvgIpc) is 3.09. The molecule has 7 nitrogen and oxygen atoms in total. The Morgan fingerprint density at radius 1 is 1.30 bits per heavy atom. The molecule has 1 amide bonds. The highest BCUT2D eigenvalue weighted by Crippen LogP contribution is 2.18. The van der Waals surface area contributed by atoms with Gasteiger partial charge in [-0.05, 0) is 38.8 Å². The van der Waals surface area contributed by atoms with Crippen molar-refractivity contribution in [2.24, 2.45) is 0 Å². The van der Waals surface area contributed by atoms with Gasteiger partial charge < -0.3 is 4.90 Å². The van der Waals surface area contributed by atoms with Crippen LogP contribution in [0.1, 0.15) is 23.1 Å². The monoisotopic (exact) mass is 440 g/mol. The molecule has 0 aliphatic heterocycles. The lowest BCUT2D eigenvalue weighted by molar-refractivity contribution is 0.0776. The zero-order valence-corrected chi connectivity index (χ0v) is 15.7. The molecule has 23 heavy (non-hydrogen) atoms. The molecule has 0 radical (unpaired) electrons. The lowest BCUT2D eigenvalue weighted by Crippen LogP contribution is -2.27. The summed E-state index contributed by atoms with van der Waals surface area (Å²) in [4.78, 5) is 18.4. The molecule has 3 rings (SSSR count). The van der Waals surface area contributed by atoms with Gasteiger partial charge in [-0.15, -0.1) is 0 Å². The first-order valence-electron chi connectivity index (χ1n) is 6.96. The minimum absolute atomic E-state index is 0.176. The normalized spacial score (nSPS) is 11.1. The molecule has 9 heteroatoms. The molecule has 0 atom stereocenters. The van der Waals surface area contributed by atoms with E-state index < -0.39 is 0 Å². The third kappa shape index (κ3) is 3.30. The van der Waals surface area contributed by atoms with Crippen molar-refractivity contribution in [2.75, 3.05) is 7.05 Å². The second-order valence-corrected chi connectivity index (χ2v) is 6.82. The van der Waals surface area contributed by atoms with Crippen molar-refractivity contribution in [1.29, 1.82) is 0 Å². The first-order chi connectivity index (χ1) is 11.0. The third-order valence-electron chi connectivity index (χ3n) is 3.35. The van der Waals surface area contributed by atoms with E-state index >= 15 is 0 Å². The summed E-state index contributed by atoms with van der Waals surface area (Å²) in [6, 6.07) is 1.67. The van der Waals surface area contributed by atoms with Gasteiger partial charge in [-0.3, -0.25) is 9.48 Å². The highest BCUT2D eigenvalue weighted by molar-refractivity contribution is 9.10. The predicted molar refractivity (Wildman–Crippen MR) is 92.1 cm³/mol. The van der Waals surface area contributed by atoms with Gasteiger partial charge in [0.25, 0.3) is 5.91 Å². The molecule has 3 aromatic heterocycles. The molecule has 0 aliphatic carbocycles. The van der Waals surface area contributed by atoms with E-state index in [-0.39, 0.29) is 5.91 Å². The Balaban J connectivity index is 1.81. The minimum atomic E-state index is -0.176. The number of halogens is 2. The van der Waals surface area contributed by atoms with Crippen LogP contribution in [-0.4, -0.2) is 42.2 Å². The highest BCUT2D eigenvalue weighted by atomic mass is 79.9. The molecule has 0 unspecified atom stereocenters. The van der Waals surface area contributed by atoms with Gasteiger partial charge in [-0.25, -0.2) is 9.50 Å². The van der Waals surface area contributed by atoms with E-state index in [0.717, 1.165) is 21.2 Å². The standard InChI is InChI=1S/C14H14Br2N6O/c1-3-21-7-10(16)12(18-21)8-20(2)14(23)11-4-13-17-5-9(15)6-22(13)19-11/h4-7H,3,8H2,1-2H3. The molecule has 0 saturated carbocycles. The fourth-order valence-electron chi connectivity index (χ4n) is 2.16. The number of aromatic nitrogens is 5. The maximum absolute atomic E-state index is 12.6. The van der Waals surface area contributed by atoms with Crippen molar-refractivity contribution in [1.82, 2.24) is 29.3 Å². The maximum atomic E-state index is 12.6. The summed E-state index contributed by atoms with van der Waals surface area (Å²) in [6.07, 6.45) is 5.34. The Morgan fingerprint density at radius 3 is 2.78 bits per heavy atom. The van der Waals surface area contributed by atoms with E-state index in [1.165, 1.54) is 0 Å². The smallest absolute Gasteiger partial charge is 0.274 e. The summed E-state index contributed by atoms with van der Waals surface area (Å²) in [5, 5.41) is 8.71. The van der Waals surface area contributed by atoms with Crippen molar-refractivity contribution in [3.8, 4) is 0 Å². The first-order valence-corrected chi connectivity index (χ1v) is 8.54. The molecular weight excluding hydrogens is 428 g/mol. The number of amides is 1. The Morgan fingerprint density at radius 2 is 2.09 bits per heavy atom. The molecule has 0 aromatic carbocycles. The molecule has 120 valence electrons. The molecule has 3 heterocycles. The quantitative estimate of drug-likeness (QED) is 0.624. The van der Waals surface area contributed by atoms with Crippen molar-refractivity contribution >= 4 is 43.4 Å². The van der Waals surface area contributed by atoms with E-state index in [4.69, 9.17) is 0 Å². The number of nitrogens with zero attached hydrogens (tertiary/aromatic N) is 6. The lowest BCUT2D eigenvalue weighted by Gasteiger charge is -2.14. The van der Waals surface area contributed by atoms with Gasteiger partial charge in [0, 0.05) is 38.2 Å². The number of hydrogen-bond donors (Lipinski definition) is 0. The summed E-state index contributed by atoms with van der Waals surface area (Å²) in [5.74, 6) is -0.176. The topological polar surface area (TPSA) is 68.3 Å². The molecular formula is C14H14Br2N6O. The summed E-state index contributed by atoms with van der Waals surface area (Å²) in [7, 11) is 1.73. The molecule has 0 aliphatic rings. The molecule has 0 saturated heterocycles. The molecule has 3 aromatic rings. The second-order valence-electron chi connectivity index (χ2n) is 5.05. The zero-order chi connectivity index (χ0) is 16.6. The molecule has 0 fully saturated rings. The number of rotatable bonds is 4. The van der Waals surface area contributed by atoms with E-state index in [9.17, 15) is 4.79 Å².